The highest BCUT2D eigenvalue weighted by molar-refractivity contribution is 5.61. The van der Waals surface area contributed by atoms with E-state index in [1.165, 1.54) is 5.69 Å². The first-order valence-corrected chi connectivity index (χ1v) is 11.2. The van der Waals surface area contributed by atoms with Gasteiger partial charge >= 0.3 is 0 Å². The van der Waals surface area contributed by atoms with Crippen LogP contribution in [0.1, 0.15) is 16.8 Å². The van der Waals surface area contributed by atoms with Gasteiger partial charge in [-0.1, -0.05) is 6.07 Å². The fourth-order valence-corrected chi connectivity index (χ4v) is 4.44. The summed E-state index contributed by atoms with van der Waals surface area (Å²) in [5.41, 5.74) is 6.27. The zero-order valence-electron chi connectivity index (χ0n) is 18.6. The molecular formula is C24H27N7O2. The molecule has 0 spiro atoms. The maximum absolute atomic E-state index is 11.2. The number of non-ortho nitro benzene ring substituents is 1. The summed E-state index contributed by atoms with van der Waals surface area (Å²) >= 11 is 0. The number of aromatic nitrogens is 2. The molecule has 9 heteroatoms. The SMILES string of the molecule is Cc1ccc([N+](=O)[O-])cc1N1CCc2nc(Nc3ccc(N4CCNCC4)cc3)ncc2C1. The van der Waals surface area contributed by atoms with E-state index in [9.17, 15) is 10.1 Å². The van der Waals surface area contributed by atoms with Crippen molar-refractivity contribution in [3.63, 3.8) is 0 Å². The number of hydrogen-bond acceptors (Lipinski definition) is 8. The largest absolute Gasteiger partial charge is 0.369 e. The van der Waals surface area contributed by atoms with Crippen molar-refractivity contribution in [2.75, 3.05) is 47.8 Å². The van der Waals surface area contributed by atoms with Crippen molar-refractivity contribution in [3.05, 3.63) is 75.6 Å². The average Bonchev–Trinajstić information content (AvgIpc) is 2.85. The molecule has 0 radical (unpaired) electrons. The van der Waals surface area contributed by atoms with Crippen LogP contribution in [0.5, 0.6) is 0 Å². The van der Waals surface area contributed by atoms with Gasteiger partial charge in [0.25, 0.3) is 5.69 Å². The van der Waals surface area contributed by atoms with Crippen LogP contribution in [0.4, 0.5) is 28.7 Å². The van der Waals surface area contributed by atoms with Crippen molar-refractivity contribution < 1.29 is 4.92 Å². The summed E-state index contributed by atoms with van der Waals surface area (Å²) in [6.45, 7) is 7.44. The highest BCUT2D eigenvalue weighted by Crippen LogP contribution is 2.30. The molecule has 5 rings (SSSR count). The van der Waals surface area contributed by atoms with Crippen LogP contribution < -0.4 is 20.4 Å². The third-order valence-corrected chi connectivity index (χ3v) is 6.28. The Kier molecular flexibility index (Phi) is 5.78. The Labute approximate surface area is 192 Å². The summed E-state index contributed by atoms with van der Waals surface area (Å²) in [5.74, 6) is 0.587. The molecule has 2 N–H and O–H groups in total. The molecule has 0 aliphatic carbocycles. The van der Waals surface area contributed by atoms with Gasteiger partial charge in [-0.05, 0) is 36.8 Å². The minimum absolute atomic E-state index is 0.111. The number of nitrogens with one attached hydrogen (secondary N) is 2. The van der Waals surface area contributed by atoms with Crippen LogP contribution in [0.3, 0.4) is 0 Å². The number of nitro groups is 1. The zero-order valence-corrected chi connectivity index (χ0v) is 18.6. The van der Waals surface area contributed by atoms with Crippen molar-refractivity contribution in [2.45, 2.75) is 19.9 Å². The lowest BCUT2D eigenvalue weighted by molar-refractivity contribution is -0.384. The smallest absolute Gasteiger partial charge is 0.271 e. The molecule has 2 aliphatic heterocycles. The van der Waals surface area contributed by atoms with E-state index in [-0.39, 0.29) is 10.6 Å². The number of piperazine rings is 1. The highest BCUT2D eigenvalue weighted by Gasteiger charge is 2.22. The van der Waals surface area contributed by atoms with Gasteiger partial charge in [-0.25, -0.2) is 9.97 Å². The lowest BCUT2D eigenvalue weighted by Gasteiger charge is -2.31. The minimum Gasteiger partial charge on any atom is -0.369 e. The van der Waals surface area contributed by atoms with Gasteiger partial charge in [-0.15, -0.1) is 0 Å². The van der Waals surface area contributed by atoms with Crippen LogP contribution in [-0.2, 0) is 13.0 Å². The molecule has 1 aromatic heterocycles. The molecule has 3 aromatic rings. The van der Waals surface area contributed by atoms with Gasteiger partial charge in [0.05, 0.1) is 10.6 Å². The second-order valence-electron chi connectivity index (χ2n) is 8.47. The number of anilines is 4. The van der Waals surface area contributed by atoms with Gasteiger partial charge < -0.3 is 20.4 Å². The van der Waals surface area contributed by atoms with E-state index < -0.39 is 0 Å². The van der Waals surface area contributed by atoms with Crippen molar-refractivity contribution >= 4 is 28.7 Å². The van der Waals surface area contributed by atoms with Gasteiger partial charge in [0, 0.05) is 86.6 Å². The van der Waals surface area contributed by atoms with E-state index in [2.05, 4.69) is 49.7 Å². The summed E-state index contributed by atoms with van der Waals surface area (Å²) in [6, 6.07) is 13.4. The molecule has 2 aliphatic rings. The van der Waals surface area contributed by atoms with Gasteiger partial charge in [0.15, 0.2) is 0 Å². The van der Waals surface area contributed by atoms with Gasteiger partial charge in [-0.3, -0.25) is 10.1 Å². The predicted octanol–water partition coefficient (Wildman–Crippen LogP) is 3.41. The number of aryl methyl sites for hydroxylation is 1. The number of rotatable bonds is 5. The number of fused-ring (bicyclic) bond motifs is 1. The monoisotopic (exact) mass is 445 g/mol. The maximum atomic E-state index is 11.2. The molecule has 33 heavy (non-hydrogen) atoms. The lowest BCUT2D eigenvalue weighted by Crippen LogP contribution is -2.43. The maximum Gasteiger partial charge on any atom is 0.271 e. The van der Waals surface area contributed by atoms with Crippen LogP contribution >= 0.6 is 0 Å². The molecule has 1 fully saturated rings. The van der Waals surface area contributed by atoms with Gasteiger partial charge in [-0.2, -0.15) is 0 Å². The normalized spacial score (nSPS) is 15.8. The predicted molar refractivity (Wildman–Crippen MR) is 129 cm³/mol. The highest BCUT2D eigenvalue weighted by atomic mass is 16.6. The zero-order chi connectivity index (χ0) is 22.8. The number of nitro benzene ring substituents is 1. The summed E-state index contributed by atoms with van der Waals surface area (Å²) in [6.07, 6.45) is 2.62. The Hall–Kier alpha value is -3.72. The Morgan fingerprint density at radius 3 is 2.61 bits per heavy atom. The van der Waals surface area contributed by atoms with Crippen molar-refractivity contribution in [1.29, 1.82) is 0 Å². The second-order valence-corrected chi connectivity index (χ2v) is 8.47. The number of nitrogens with zero attached hydrogens (tertiary/aromatic N) is 5. The number of hydrogen-bond donors (Lipinski definition) is 2. The molecule has 9 nitrogen and oxygen atoms in total. The fourth-order valence-electron chi connectivity index (χ4n) is 4.44. The van der Waals surface area contributed by atoms with E-state index in [1.807, 2.05) is 13.1 Å². The lowest BCUT2D eigenvalue weighted by atomic mass is 10.0. The van der Waals surface area contributed by atoms with Crippen molar-refractivity contribution in [3.8, 4) is 0 Å². The van der Waals surface area contributed by atoms with E-state index in [4.69, 9.17) is 4.98 Å². The van der Waals surface area contributed by atoms with Gasteiger partial charge in [0.1, 0.15) is 0 Å². The van der Waals surface area contributed by atoms with E-state index in [0.717, 1.165) is 67.3 Å². The van der Waals surface area contributed by atoms with Crippen molar-refractivity contribution in [1.82, 2.24) is 15.3 Å². The molecule has 0 saturated carbocycles. The molecule has 2 aromatic carbocycles. The summed E-state index contributed by atoms with van der Waals surface area (Å²) in [5, 5.41) is 17.9. The van der Waals surface area contributed by atoms with Crippen LogP contribution in [0.2, 0.25) is 0 Å². The Morgan fingerprint density at radius 1 is 1.06 bits per heavy atom. The Morgan fingerprint density at radius 2 is 1.85 bits per heavy atom. The third kappa shape index (κ3) is 4.58. The quantitative estimate of drug-likeness (QED) is 0.455. The summed E-state index contributed by atoms with van der Waals surface area (Å²) < 4.78 is 0. The molecule has 170 valence electrons. The standard InChI is InChI=1S/C24H27N7O2/c1-17-2-5-21(31(32)33)14-23(17)30-11-8-22-18(16-30)15-26-24(28-22)27-19-3-6-20(7-4-19)29-12-9-25-10-13-29/h2-7,14-15,25H,8-13,16H2,1H3,(H,26,27,28). The molecule has 0 unspecified atom stereocenters. The first-order chi connectivity index (χ1) is 16.1. The second kappa shape index (κ2) is 9.03. The Balaban J connectivity index is 1.28. The topological polar surface area (TPSA) is 99.5 Å². The van der Waals surface area contributed by atoms with Crippen LogP contribution in [0, 0.1) is 17.0 Å². The van der Waals surface area contributed by atoms with Crippen LogP contribution in [0.25, 0.3) is 0 Å². The summed E-state index contributed by atoms with van der Waals surface area (Å²) in [7, 11) is 0. The molecule has 0 bridgehead atoms. The summed E-state index contributed by atoms with van der Waals surface area (Å²) in [4.78, 5) is 24.6. The first-order valence-electron chi connectivity index (χ1n) is 11.2. The molecular weight excluding hydrogens is 418 g/mol. The third-order valence-electron chi connectivity index (χ3n) is 6.28. The average molecular weight is 446 g/mol. The minimum atomic E-state index is -0.349. The van der Waals surface area contributed by atoms with E-state index in [0.29, 0.717) is 12.5 Å². The number of benzene rings is 2. The van der Waals surface area contributed by atoms with Crippen LogP contribution in [0.15, 0.2) is 48.7 Å². The van der Waals surface area contributed by atoms with E-state index in [1.54, 1.807) is 18.2 Å². The molecule has 0 atom stereocenters. The molecule has 1 saturated heterocycles. The first kappa shape index (κ1) is 21.1. The van der Waals surface area contributed by atoms with Crippen molar-refractivity contribution in [2.24, 2.45) is 0 Å². The molecule has 0 amide bonds. The molecule has 3 heterocycles. The van der Waals surface area contributed by atoms with E-state index >= 15 is 0 Å². The van der Waals surface area contributed by atoms with Gasteiger partial charge in [0.2, 0.25) is 5.95 Å². The Bertz CT molecular complexity index is 1160. The van der Waals surface area contributed by atoms with Crippen LogP contribution in [-0.4, -0.2) is 47.6 Å². The fraction of sp³-hybridized carbons (Fsp3) is 0.333.